The topological polar surface area (TPSA) is 168 Å². The van der Waals surface area contributed by atoms with Gasteiger partial charge >= 0.3 is 24.1 Å². The van der Waals surface area contributed by atoms with Crippen LogP contribution in [0.1, 0.15) is 61.8 Å². The average molecular weight is 695 g/mol. The zero-order valence-corrected chi connectivity index (χ0v) is 28.9. The van der Waals surface area contributed by atoms with Gasteiger partial charge in [0.1, 0.15) is 25.5 Å². The SMILES string of the molecule is CC(C)C(=O)O.CC(NC(=O)OCC1c2ccccc2-c2ccccc21)C(=O)O.C[C@@H](C=O)NC(=O)OCC1c2ccccc2-c2ccccc21. The minimum Gasteiger partial charge on any atom is -0.481 e. The van der Waals surface area contributed by atoms with Gasteiger partial charge in [0.05, 0.1) is 12.0 Å². The number of hydrogen-bond donors (Lipinski definition) is 4. The van der Waals surface area contributed by atoms with Crippen LogP contribution in [0.5, 0.6) is 0 Å². The number of carbonyl (C=O) groups excluding carboxylic acids is 3. The van der Waals surface area contributed by atoms with Gasteiger partial charge in [0.25, 0.3) is 0 Å². The van der Waals surface area contributed by atoms with Gasteiger partial charge in [0.15, 0.2) is 0 Å². The molecule has 0 fully saturated rings. The lowest BCUT2D eigenvalue weighted by atomic mass is 9.98. The van der Waals surface area contributed by atoms with Crippen molar-refractivity contribution < 1.29 is 43.7 Å². The number of hydrogen-bond acceptors (Lipinski definition) is 7. The van der Waals surface area contributed by atoms with Crippen molar-refractivity contribution in [1.29, 1.82) is 0 Å². The Balaban J connectivity index is 0.000000198. The van der Waals surface area contributed by atoms with Gasteiger partial charge < -0.3 is 35.1 Å². The van der Waals surface area contributed by atoms with Gasteiger partial charge in [0.2, 0.25) is 0 Å². The molecule has 6 rings (SSSR count). The van der Waals surface area contributed by atoms with Crippen LogP contribution in [0.4, 0.5) is 9.59 Å². The molecule has 4 aromatic carbocycles. The second kappa shape index (κ2) is 17.6. The first-order valence-electron chi connectivity index (χ1n) is 16.6. The van der Waals surface area contributed by atoms with Gasteiger partial charge in [-0.15, -0.1) is 0 Å². The minimum atomic E-state index is -1.10. The summed E-state index contributed by atoms with van der Waals surface area (Å²) in [5.74, 6) is -2.07. The summed E-state index contributed by atoms with van der Waals surface area (Å²) < 4.78 is 10.6. The van der Waals surface area contributed by atoms with Crippen LogP contribution < -0.4 is 10.6 Å². The molecule has 0 radical (unpaired) electrons. The van der Waals surface area contributed by atoms with E-state index in [1.165, 1.54) is 29.2 Å². The molecule has 0 spiro atoms. The van der Waals surface area contributed by atoms with Crippen molar-refractivity contribution in [2.45, 2.75) is 51.6 Å². The average Bonchev–Trinajstić information content (AvgIpc) is 3.62. The van der Waals surface area contributed by atoms with E-state index in [9.17, 15) is 24.0 Å². The number of ether oxygens (including phenoxy) is 2. The first-order valence-corrected chi connectivity index (χ1v) is 16.6. The summed E-state index contributed by atoms with van der Waals surface area (Å²) in [5, 5.41) is 21.6. The fourth-order valence-corrected chi connectivity index (χ4v) is 5.74. The van der Waals surface area contributed by atoms with Crippen molar-refractivity contribution in [3.05, 3.63) is 119 Å². The van der Waals surface area contributed by atoms with Crippen LogP contribution in [0.2, 0.25) is 0 Å². The van der Waals surface area contributed by atoms with E-state index < -0.39 is 36.2 Å². The summed E-state index contributed by atoms with van der Waals surface area (Å²) in [6.07, 6.45) is -0.621. The number of amides is 2. The monoisotopic (exact) mass is 694 g/mol. The number of fused-ring (bicyclic) bond motifs is 6. The van der Waals surface area contributed by atoms with Crippen LogP contribution >= 0.6 is 0 Å². The highest BCUT2D eigenvalue weighted by atomic mass is 16.6. The van der Waals surface area contributed by atoms with Crippen LogP contribution in [0.15, 0.2) is 97.1 Å². The third-order valence-corrected chi connectivity index (χ3v) is 8.44. The quantitative estimate of drug-likeness (QED) is 0.137. The summed E-state index contributed by atoms with van der Waals surface area (Å²) in [6.45, 7) is 6.71. The van der Waals surface area contributed by atoms with Crippen molar-refractivity contribution in [3.63, 3.8) is 0 Å². The van der Waals surface area contributed by atoms with Crippen LogP contribution in [0.3, 0.4) is 0 Å². The summed E-state index contributed by atoms with van der Waals surface area (Å²) in [6, 6.07) is 30.9. The van der Waals surface area contributed by atoms with Crippen molar-refractivity contribution >= 4 is 30.4 Å². The third-order valence-electron chi connectivity index (χ3n) is 8.44. The number of aliphatic carboxylic acids is 2. The summed E-state index contributed by atoms with van der Waals surface area (Å²) >= 11 is 0. The molecule has 2 atom stereocenters. The van der Waals surface area contributed by atoms with Crippen molar-refractivity contribution in [3.8, 4) is 22.3 Å². The van der Waals surface area contributed by atoms with Gasteiger partial charge in [-0.2, -0.15) is 0 Å². The highest BCUT2D eigenvalue weighted by Crippen LogP contribution is 2.45. The van der Waals surface area contributed by atoms with Gasteiger partial charge in [-0.1, -0.05) is 111 Å². The Bertz CT molecular complexity index is 1780. The number of carboxylic acid groups (broad SMARTS) is 2. The first kappa shape index (κ1) is 37.8. The zero-order valence-electron chi connectivity index (χ0n) is 28.9. The third kappa shape index (κ3) is 9.60. The van der Waals surface area contributed by atoms with E-state index in [0.29, 0.717) is 6.29 Å². The fourth-order valence-electron chi connectivity index (χ4n) is 5.74. The summed E-state index contributed by atoms with van der Waals surface area (Å²) in [5.41, 5.74) is 9.24. The standard InChI is InChI=1S/C18H17NO4.C18H17NO3.C4H8O2/c1-11(17(20)21)19-18(22)23-10-16-14-8-4-2-6-12(14)13-7-3-5-9-15(13)16;1-12(10-20)19-18(21)22-11-17-15-8-4-2-6-13(15)14-7-3-5-9-16(14)17;1-3(2)4(5)6/h2-9,11,16H,10H2,1H3,(H,19,22)(H,20,21);2-10,12,17H,11H2,1H3,(H,19,21);3H,1-2H3,(H,5,6)/t;12-;/m.0./s1. The van der Waals surface area contributed by atoms with Gasteiger partial charge in [-0.25, -0.2) is 9.59 Å². The van der Waals surface area contributed by atoms with E-state index in [0.717, 1.165) is 22.3 Å². The first-order chi connectivity index (χ1) is 24.4. The van der Waals surface area contributed by atoms with Crippen molar-refractivity contribution in [1.82, 2.24) is 10.6 Å². The summed E-state index contributed by atoms with van der Waals surface area (Å²) in [4.78, 5) is 54.5. The van der Waals surface area contributed by atoms with Crippen molar-refractivity contribution in [2.24, 2.45) is 5.92 Å². The molecule has 4 N–H and O–H groups in total. The fraction of sp³-hybridized carbons (Fsp3) is 0.275. The number of carbonyl (C=O) groups is 5. The number of carboxylic acids is 2. The molecular weight excluding hydrogens is 652 g/mol. The number of aldehydes is 1. The highest BCUT2D eigenvalue weighted by molar-refractivity contribution is 5.81. The number of alkyl carbamates (subject to hydrolysis) is 2. The van der Waals surface area contributed by atoms with E-state index in [4.69, 9.17) is 19.7 Å². The highest BCUT2D eigenvalue weighted by Gasteiger charge is 2.30. The number of rotatable bonds is 9. The molecule has 0 bridgehead atoms. The molecule has 266 valence electrons. The Labute approximate surface area is 296 Å². The molecule has 2 aliphatic carbocycles. The molecule has 1 unspecified atom stereocenters. The Morgan fingerprint density at radius 3 is 1.20 bits per heavy atom. The molecule has 11 nitrogen and oxygen atoms in total. The van der Waals surface area contributed by atoms with Crippen LogP contribution in [-0.2, 0) is 23.9 Å². The molecule has 0 aromatic heterocycles. The molecular formula is C40H42N2O9. The molecule has 51 heavy (non-hydrogen) atoms. The van der Waals surface area contributed by atoms with Gasteiger partial charge in [0, 0.05) is 11.8 Å². The van der Waals surface area contributed by atoms with Gasteiger partial charge in [-0.3, -0.25) is 9.59 Å². The Kier molecular flexibility index (Phi) is 13.1. The van der Waals surface area contributed by atoms with Crippen LogP contribution in [-0.4, -0.2) is 65.9 Å². The lowest BCUT2D eigenvalue weighted by Gasteiger charge is -2.15. The maximum atomic E-state index is 11.7. The molecule has 11 heteroatoms. The maximum Gasteiger partial charge on any atom is 0.407 e. The molecule has 2 aliphatic rings. The molecule has 0 aliphatic heterocycles. The second-order valence-corrected chi connectivity index (χ2v) is 12.4. The Hall–Kier alpha value is -5.97. The van der Waals surface area contributed by atoms with Crippen molar-refractivity contribution in [2.75, 3.05) is 13.2 Å². The predicted octanol–water partition coefficient (Wildman–Crippen LogP) is 6.84. The Morgan fingerprint density at radius 1 is 0.588 bits per heavy atom. The molecule has 0 heterocycles. The lowest BCUT2D eigenvalue weighted by molar-refractivity contribution is -0.140. The molecule has 0 saturated heterocycles. The zero-order chi connectivity index (χ0) is 37.1. The van der Waals surface area contributed by atoms with E-state index in [-0.39, 0.29) is 31.0 Å². The van der Waals surface area contributed by atoms with E-state index in [1.807, 2.05) is 60.7 Å². The predicted molar refractivity (Wildman–Crippen MR) is 192 cm³/mol. The smallest absolute Gasteiger partial charge is 0.407 e. The maximum absolute atomic E-state index is 11.7. The lowest BCUT2D eigenvalue weighted by Crippen LogP contribution is -2.39. The molecule has 0 saturated carbocycles. The van der Waals surface area contributed by atoms with E-state index in [1.54, 1.807) is 20.8 Å². The second-order valence-electron chi connectivity index (χ2n) is 12.4. The van der Waals surface area contributed by atoms with Crippen LogP contribution in [0.25, 0.3) is 22.3 Å². The van der Waals surface area contributed by atoms with E-state index >= 15 is 0 Å². The normalized spacial score (nSPS) is 13.3. The van der Waals surface area contributed by atoms with Gasteiger partial charge in [-0.05, 0) is 58.4 Å². The van der Waals surface area contributed by atoms with E-state index in [2.05, 4.69) is 47.0 Å². The molecule has 4 aromatic rings. The largest absolute Gasteiger partial charge is 0.481 e. The Morgan fingerprint density at radius 2 is 0.902 bits per heavy atom. The molecule has 2 amide bonds. The summed E-state index contributed by atoms with van der Waals surface area (Å²) in [7, 11) is 0. The number of benzene rings is 4. The number of nitrogens with one attached hydrogen (secondary N) is 2. The minimum absolute atomic E-state index is 0.0321. The van der Waals surface area contributed by atoms with Crippen LogP contribution in [0, 0.1) is 5.92 Å².